The minimum Gasteiger partial charge on any atom is -0.423 e. The summed E-state index contributed by atoms with van der Waals surface area (Å²) in [5.41, 5.74) is 12.0. The normalized spacial score (nSPS) is 18.7. The number of hydrogen-bond donors (Lipinski definition) is 2. The molecule has 0 bridgehead atoms. The van der Waals surface area contributed by atoms with Crippen LogP contribution in [0.5, 0.6) is 0 Å². The van der Waals surface area contributed by atoms with Crippen molar-refractivity contribution in [2.75, 3.05) is 0 Å². The molecule has 1 aromatic rings. The van der Waals surface area contributed by atoms with Gasteiger partial charge in [0.2, 0.25) is 5.85 Å². The van der Waals surface area contributed by atoms with Gasteiger partial charge < -0.3 is 4.74 Å². The van der Waals surface area contributed by atoms with Crippen molar-refractivity contribution in [1.82, 2.24) is 0 Å². The molecule has 1 aliphatic rings. The van der Waals surface area contributed by atoms with Crippen LogP contribution in [0.1, 0.15) is 15.9 Å². The zero-order valence-corrected chi connectivity index (χ0v) is 6.28. The number of carbonyl (C=O) groups excluding carboxylic acids is 1. The molecule has 0 atom stereocenters. The predicted octanol–water partition coefficient (Wildman–Crippen LogP) is -0.115. The fourth-order valence-electron chi connectivity index (χ4n) is 1.27. The first kappa shape index (κ1) is 7.27. The van der Waals surface area contributed by atoms with Crippen LogP contribution in [0.4, 0.5) is 0 Å². The highest BCUT2D eigenvalue weighted by atomic mass is 16.6. The molecule has 0 fully saturated rings. The number of benzene rings is 1. The largest absolute Gasteiger partial charge is 0.423 e. The van der Waals surface area contributed by atoms with E-state index in [0.717, 1.165) is 0 Å². The lowest BCUT2D eigenvalue weighted by atomic mass is 10.1. The first-order chi connectivity index (χ1) is 5.61. The van der Waals surface area contributed by atoms with Gasteiger partial charge in [-0.25, -0.2) is 4.79 Å². The predicted molar refractivity (Wildman–Crippen MR) is 41.9 cm³/mol. The average Bonchev–Trinajstić information content (AvgIpc) is 2.25. The maximum absolute atomic E-state index is 11.1. The molecule has 0 unspecified atom stereocenters. The molecule has 2 rings (SSSR count). The van der Waals surface area contributed by atoms with Gasteiger partial charge in [-0.1, -0.05) is 18.2 Å². The quantitative estimate of drug-likeness (QED) is 0.414. The minimum absolute atomic E-state index is 0.447. The highest BCUT2D eigenvalue weighted by molar-refractivity contribution is 5.94. The van der Waals surface area contributed by atoms with Gasteiger partial charge in [0.05, 0.1) is 5.56 Å². The van der Waals surface area contributed by atoms with Crippen LogP contribution in [0.3, 0.4) is 0 Å². The Morgan fingerprint density at radius 3 is 2.58 bits per heavy atom. The molecule has 4 nitrogen and oxygen atoms in total. The number of hydrogen-bond acceptors (Lipinski definition) is 4. The molecule has 0 aliphatic carbocycles. The van der Waals surface area contributed by atoms with Gasteiger partial charge in [0, 0.05) is 5.56 Å². The van der Waals surface area contributed by atoms with Crippen molar-refractivity contribution < 1.29 is 9.53 Å². The van der Waals surface area contributed by atoms with Gasteiger partial charge in [-0.3, -0.25) is 11.5 Å². The summed E-state index contributed by atoms with van der Waals surface area (Å²) in [5, 5.41) is 0. The van der Waals surface area contributed by atoms with Crippen molar-refractivity contribution in [3.8, 4) is 0 Å². The molecule has 0 saturated heterocycles. The number of carbonyl (C=O) groups is 1. The Morgan fingerprint density at radius 2 is 1.92 bits per heavy atom. The molecule has 1 heterocycles. The SMILES string of the molecule is NC1(N)OC(=O)c2ccccc21. The molecular formula is C8H8N2O2. The second-order valence-electron chi connectivity index (χ2n) is 2.73. The molecule has 0 radical (unpaired) electrons. The van der Waals surface area contributed by atoms with Gasteiger partial charge in [-0.05, 0) is 6.07 Å². The highest BCUT2D eigenvalue weighted by Gasteiger charge is 2.38. The van der Waals surface area contributed by atoms with Crippen LogP contribution in [0.2, 0.25) is 0 Å². The van der Waals surface area contributed by atoms with E-state index in [2.05, 4.69) is 0 Å². The zero-order valence-electron chi connectivity index (χ0n) is 6.28. The van der Waals surface area contributed by atoms with E-state index in [0.29, 0.717) is 11.1 Å². The summed E-state index contributed by atoms with van der Waals surface area (Å²) in [5.74, 6) is -1.91. The Balaban J connectivity index is 2.66. The lowest BCUT2D eigenvalue weighted by Crippen LogP contribution is -2.46. The van der Waals surface area contributed by atoms with Crippen molar-refractivity contribution in [1.29, 1.82) is 0 Å². The summed E-state index contributed by atoms with van der Waals surface area (Å²) in [7, 11) is 0. The van der Waals surface area contributed by atoms with Gasteiger partial charge in [-0.15, -0.1) is 0 Å². The average molecular weight is 164 g/mol. The van der Waals surface area contributed by atoms with E-state index in [9.17, 15) is 4.79 Å². The standard InChI is InChI=1S/C8H8N2O2/c9-8(10)6-4-2-1-3-5(6)7(11)12-8/h1-4H,9-10H2. The molecule has 1 aliphatic heterocycles. The number of esters is 1. The van der Waals surface area contributed by atoms with Gasteiger partial charge in [-0.2, -0.15) is 0 Å². The van der Waals surface area contributed by atoms with Gasteiger partial charge >= 0.3 is 5.97 Å². The molecule has 0 spiro atoms. The molecule has 62 valence electrons. The van der Waals surface area contributed by atoms with E-state index in [1.807, 2.05) is 0 Å². The minimum atomic E-state index is -1.45. The summed E-state index contributed by atoms with van der Waals surface area (Å²) in [6.45, 7) is 0. The topological polar surface area (TPSA) is 78.3 Å². The molecule has 1 aromatic carbocycles. The van der Waals surface area contributed by atoms with Crippen LogP contribution in [0.25, 0.3) is 0 Å². The number of nitrogens with two attached hydrogens (primary N) is 2. The van der Waals surface area contributed by atoms with Crippen LogP contribution in [0.15, 0.2) is 24.3 Å². The van der Waals surface area contributed by atoms with E-state index in [1.165, 1.54) is 0 Å². The van der Waals surface area contributed by atoms with E-state index in [-0.39, 0.29) is 0 Å². The fourth-order valence-corrected chi connectivity index (χ4v) is 1.27. The maximum atomic E-state index is 11.1. The van der Waals surface area contributed by atoms with Crippen molar-refractivity contribution in [2.45, 2.75) is 5.85 Å². The molecule has 0 aromatic heterocycles. The molecule has 4 N–H and O–H groups in total. The Bertz CT molecular complexity index is 347. The Hall–Kier alpha value is -1.39. The number of fused-ring (bicyclic) bond motifs is 1. The summed E-state index contributed by atoms with van der Waals surface area (Å²) in [6.07, 6.45) is 0. The summed E-state index contributed by atoms with van der Waals surface area (Å²) in [6, 6.07) is 6.82. The number of cyclic esters (lactones) is 1. The van der Waals surface area contributed by atoms with Gasteiger partial charge in [0.15, 0.2) is 0 Å². The molecule has 0 saturated carbocycles. The third kappa shape index (κ3) is 0.823. The van der Waals surface area contributed by atoms with Crippen molar-refractivity contribution in [3.05, 3.63) is 35.4 Å². The smallest absolute Gasteiger partial charge is 0.341 e. The van der Waals surface area contributed by atoms with Crippen molar-refractivity contribution >= 4 is 5.97 Å². The fraction of sp³-hybridized carbons (Fsp3) is 0.125. The monoisotopic (exact) mass is 164 g/mol. The Morgan fingerprint density at radius 1 is 1.25 bits per heavy atom. The Labute approximate surface area is 69.1 Å². The summed E-state index contributed by atoms with van der Waals surface area (Å²) in [4.78, 5) is 11.1. The van der Waals surface area contributed by atoms with Crippen LogP contribution in [-0.2, 0) is 10.6 Å². The molecular weight excluding hydrogens is 156 g/mol. The van der Waals surface area contributed by atoms with Crippen LogP contribution < -0.4 is 11.5 Å². The van der Waals surface area contributed by atoms with E-state index < -0.39 is 11.8 Å². The van der Waals surface area contributed by atoms with E-state index in [4.69, 9.17) is 16.2 Å². The van der Waals surface area contributed by atoms with E-state index >= 15 is 0 Å². The second-order valence-corrected chi connectivity index (χ2v) is 2.73. The third-order valence-corrected chi connectivity index (χ3v) is 1.83. The molecule has 0 amide bonds. The Kier molecular flexibility index (Phi) is 1.25. The van der Waals surface area contributed by atoms with Crippen molar-refractivity contribution in [2.24, 2.45) is 11.5 Å². The zero-order chi connectivity index (χ0) is 8.77. The summed E-state index contributed by atoms with van der Waals surface area (Å²) < 4.78 is 4.74. The van der Waals surface area contributed by atoms with Crippen LogP contribution >= 0.6 is 0 Å². The van der Waals surface area contributed by atoms with Gasteiger partial charge in [0.1, 0.15) is 0 Å². The first-order valence-electron chi connectivity index (χ1n) is 3.52. The van der Waals surface area contributed by atoms with E-state index in [1.54, 1.807) is 24.3 Å². The lowest BCUT2D eigenvalue weighted by molar-refractivity contribution is -0.00200. The number of rotatable bonds is 0. The van der Waals surface area contributed by atoms with Crippen molar-refractivity contribution in [3.63, 3.8) is 0 Å². The first-order valence-corrected chi connectivity index (χ1v) is 3.52. The van der Waals surface area contributed by atoms with Crippen LogP contribution in [-0.4, -0.2) is 5.97 Å². The molecule has 12 heavy (non-hydrogen) atoms. The summed E-state index contributed by atoms with van der Waals surface area (Å²) >= 11 is 0. The number of ether oxygens (including phenoxy) is 1. The lowest BCUT2D eigenvalue weighted by Gasteiger charge is -2.16. The second kappa shape index (κ2) is 2.06. The highest BCUT2D eigenvalue weighted by Crippen LogP contribution is 2.27. The van der Waals surface area contributed by atoms with Crippen LogP contribution in [0, 0.1) is 0 Å². The third-order valence-electron chi connectivity index (χ3n) is 1.83. The molecule has 4 heteroatoms. The maximum Gasteiger partial charge on any atom is 0.341 e. The van der Waals surface area contributed by atoms with Gasteiger partial charge in [0.25, 0.3) is 0 Å².